The van der Waals surface area contributed by atoms with E-state index in [0.717, 1.165) is 12.8 Å². The Bertz CT molecular complexity index is 547. The van der Waals surface area contributed by atoms with Crippen LogP contribution in [0.15, 0.2) is 42.6 Å². The average Bonchev–Trinajstić information content (AvgIpc) is 2.42. The van der Waals surface area contributed by atoms with Crippen molar-refractivity contribution in [2.75, 3.05) is 11.1 Å². The molecule has 0 aliphatic heterocycles. The first-order chi connectivity index (χ1) is 9.19. The van der Waals surface area contributed by atoms with Crippen LogP contribution in [0, 0.1) is 0 Å². The zero-order valence-corrected chi connectivity index (χ0v) is 10.9. The smallest absolute Gasteiger partial charge is 0.255 e. The van der Waals surface area contributed by atoms with Crippen molar-refractivity contribution >= 4 is 17.4 Å². The summed E-state index contributed by atoms with van der Waals surface area (Å²) in [5.74, 6) is 0.288. The highest BCUT2D eigenvalue weighted by atomic mass is 16.1. The second-order valence-electron chi connectivity index (χ2n) is 4.37. The van der Waals surface area contributed by atoms with Gasteiger partial charge in [0.15, 0.2) is 0 Å². The summed E-state index contributed by atoms with van der Waals surface area (Å²) >= 11 is 0. The van der Waals surface area contributed by atoms with Crippen LogP contribution in [-0.2, 0) is 6.42 Å². The number of pyridine rings is 1. The van der Waals surface area contributed by atoms with Crippen LogP contribution in [0.5, 0.6) is 0 Å². The Hall–Kier alpha value is -2.36. The summed E-state index contributed by atoms with van der Waals surface area (Å²) in [4.78, 5) is 15.9. The highest BCUT2D eigenvalue weighted by Gasteiger charge is 2.06. The average molecular weight is 255 g/mol. The fourth-order valence-electron chi connectivity index (χ4n) is 1.79. The number of benzene rings is 1. The molecule has 0 atom stereocenters. The molecule has 2 aromatic rings. The van der Waals surface area contributed by atoms with Gasteiger partial charge in [0.05, 0.1) is 11.9 Å². The molecule has 19 heavy (non-hydrogen) atoms. The minimum atomic E-state index is -0.144. The van der Waals surface area contributed by atoms with Gasteiger partial charge in [-0.2, -0.15) is 0 Å². The molecule has 1 aromatic heterocycles. The minimum Gasteiger partial charge on any atom is -0.384 e. The lowest BCUT2D eigenvalue weighted by atomic mass is 10.1. The molecule has 4 heteroatoms. The highest BCUT2D eigenvalue weighted by molar-refractivity contribution is 6.04. The summed E-state index contributed by atoms with van der Waals surface area (Å²) in [6, 6.07) is 11.0. The number of aromatic nitrogens is 1. The van der Waals surface area contributed by atoms with E-state index in [0.29, 0.717) is 17.1 Å². The van der Waals surface area contributed by atoms with Crippen LogP contribution >= 0.6 is 0 Å². The Kier molecular flexibility index (Phi) is 4.13. The van der Waals surface area contributed by atoms with Gasteiger partial charge in [-0.25, -0.2) is 4.98 Å². The van der Waals surface area contributed by atoms with E-state index >= 15 is 0 Å². The molecule has 0 saturated carbocycles. The molecule has 4 nitrogen and oxygen atoms in total. The Balaban J connectivity index is 2.05. The van der Waals surface area contributed by atoms with Crippen molar-refractivity contribution in [1.29, 1.82) is 0 Å². The maximum absolute atomic E-state index is 12.0. The molecule has 0 bridgehead atoms. The largest absolute Gasteiger partial charge is 0.384 e. The molecular formula is C15H17N3O. The summed E-state index contributed by atoms with van der Waals surface area (Å²) in [7, 11) is 0. The molecule has 2 rings (SSSR count). The number of amides is 1. The summed E-state index contributed by atoms with van der Waals surface area (Å²) in [6.07, 6.45) is 3.67. The molecule has 0 saturated heterocycles. The molecule has 0 aliphatic carbocycles. The number of nitrogen functional groups attached to an aromatic ring is 1. The van der Waals surface area contributed by atoms with E-state index in [1.54, 1.807) is 18.3 Å². The molecule has 0 radical (unpaired) electrons. The lowest BCUT2D eigenvalue weighted by Gasteiger charge is -2.06. The number of carbonyl (C=O) groups excluding carboxylic acids is 1. The number of nitrogens with two attached hydrogens (primary N) is 1. The summed E-state index contributed by atoms with van der Waals surface area (Å²) in [6.45, 7) is 2.13. The summed E-state index contributed by atoms with van der Waals surface area (Å²) in [5, 5.41) is 2.78. The van der Waals surface area contributed by atoms with Crippen molar-refractivity contribution in [3.63, 3.8) is 0 Å². The molecule has 0 aliphatic rings. The van der Waals surface area contributed by atoms with Crippen LogP contribution in [0.1, 0.15) is 29.3 Å². The highest BCUT2D eigenvalue weighted by Crippen LogP contribution is 2.11. The number of hydrogen-bond acceptors (Lipinski definition) is 3. The Morgan fingerprint density at radius 2 is 1.95 bits per heavy atom. The fraction of sp³-hybridized carbons (Fsp3) is 0.200. The van der Waals surface area contributed by atoms with Crippen LogP contribution in [0.25, 0.3) is 0 Å². The molecule has 3 N–H and O–H groups in total. The number of anilines is 2. The van der Waals surface area contributed by atoms with Gasteiger partial charge in [-0.3, -0.25) is 4.79 Å². The Morgan fingerprint density at radius 1 is 1.21 bits per heavy atom. The predicted octanol–water partition coefficient (Wildman–Crippen LogP) is 2.87. The fourth-order valence-corrected chi connectivity index (χ4v) is 1.79. The van der Waals surface area contributed by atoms with Crippen molar-refractivity contribution < 1.29 is 4.79 Å². The molecule has 1 aromatic carbocycles. The van der Waals surface area contributed by atoms with E-state index in [1.807, 2.05) is 24.3 Å². The molecule has 0 unspecified atom stereocenters. The van der Waals surface area contributed by atoms with E-state index in [2.05, 4.69) is 17.2 Å². The first-order valence-electron chi connectivity index (χ1n) is 6.31. The van der Waals surface area contributed by atoms with Crippen molar-refractivity contribution in [3.05, 3.63) is 53.7 Å². The Labute approximate surface area is 112 Å². The maximum atomic E-state index is 12.0. The lowest BCUT2D eigenvalue weighted by molar-refractivity contribution is 0.102. The van der Waals surface area contributed by atoms with Crippen molar-refractivity contribution in [2.24, 2.45) is 0 Å². The number of aryl methyl sites for hydroxylation is 1. The molecule has 98 valence electrons. The summed E-state index contributed by atoms with van der Waals surface area (Å²) < 4.78 is 0. The summed E-state index contributed by atoms with van der Waals surface area (Å²) in [5.41, 5.74) is 8.01. The third-order valence-corrected chi connectivity index (χ3v) is 2.80. The van der Waals surface area contributed by atoms with Gasteiger partial charge in [0.2, 0.25) is 0 Å². The molecular weight excluding hydrogens is 238 g/mol. The van der Waals surface area contributed by atoms with E-state index in [1.165, 1.54) is 5.56 Å². The van der Waals surface area contributed by atoms with E-state index in [-0.39, 0.29) is 5.91 Å². The maximum Gasteiger partial charge on any atom is 0.255 e. The number of hydrogen-bond donors (Lipinski definition) is 2. The first kappa shape index (κ1) is 13.1. The molecule has 0 spiro atoms. The molecule has 0 fully saturated rings. The first-order valence-corrected chi connectivity index (χ1v) is 6.31. The number of rotatable bonds is 4. The second kappa shape index (κ2) is 6.00. The van der Waals surface area contributed by atoms with Crippen LogP contribution in [-0.4, -0.2) is 10.9 Å². The number of carbonyl (C=O) groups is 1. The van der Waals surface area contributed by atoms with Crippen LogP contribution < -0.4 is 11.1 Å². The second-order valence-corrected chi connectivity index (χ2v) is 4.37. The SMILES string of the molecule is CCCc1ccc(C(=O)Nc2ccc(N)nc2)cc1. The third kappa shape index (κ3) is 3.55. The van der Waals surface area contributed by atoms with Gasteiger partial charge >= 0.3 is 0 Å². The predicted molar refractivity (Wildman–Crippen MR) is 77.0 cm³/mol. The third-order valence-electron chi connectivity index (χ3n) is 2.80. The van der Waals surface area contributed by atoms with Crippen molar-refractivity contribution in [1.82, 2.24) is 4.98 Å². The molecule has 1 heterocycles. The van der Waals surface area contributed by atoms with Crippen molar-refractivity contribution in [2.45, 2.75) is 19.8 Å². The van der Waals surface area contributed by atoms with Gasteiger partial charge in [-0.05, 0) is 36.2 Å². The standard InChI is InChI=1S/C15H17N3O/c1-2-3-11-4-6-12(7-5-11)15(19)18-13-8-9-14(16)17-10-13/h4-10H,2-3H2,1H3,(H2,16,17)(H,18,19). The number of nitrogens with zero attached hydrogens (tertiary/aromatic N) is 1. The number of nitrogens with one attached hydrogen (secondary N) is 1. The van der Waals surface area contributed by atoms with E-state index in [4.69, 9.17) is 5.73 Å². The normalized spacial score (nSPS) is 10.2. The van der Waals surface area contributed by atoms with Gasteiger partial charge < -0.3 is 11.1 Å². The van der Waals surface area contributed by atoms with Crippen molar-refractivity contribution in [3.8, 4) is 0 Å². The van der Waals surface area contributed by atoms with Crippen LogP contribution in [0.2, 0.25) is 0 Å². The lowest BCUT2D eigenvalue weighted by Crippen LogP contribution is -2.12. The van der Waals surface area contributed by atoms with E-state index < -0.39 is 0 Å². The van der Waals surface area contributed by atoms with Crippen LogP contribution in [0.3, 0.4) is 0 Å². The van der Waals surface area contributed by atoms with Crippen LogP contribution in [0.4, 0.5) is 11.5 Å². The monoisotopic (exact) mass is 255 g/mol. The zero-order valence-electron chi connectivity index (χ0n) is 10.9. The molecule has 1 amide bonds. The quantitative estimate of drug-likeness (QED) is 0.882. The minimum absolute atomic E-state index is 0.144. The zero-order chi connectivity index (χ0) is 13.7. The van der Waals surface area contributed by atoms with Gasteiger partial charge in [-0.15, -0.1) is 0 Å². The van der Waals surface area contributed by atoms with E-state index in [9.17, 15) is 4.79 Å². The van der Waals surface area contributed by atoms with Gasteiger partial charge in [0.25, 0.3) is 5.91 Å². The van der Waals surface area contributed by atoms with Gasteiger partial charge in [0, 0.05) is 5.56 Å². The Morgan fingerprint density at radius 3 is 2.53 bits per heavy atom. The topological polar surface area (TPSA) is 68.0 Å². The van der Waals surface area contributed by atoms with Gasteiger partial charge in [0.1, 0.15) is 5.82 Å². The van der Waals surface area contributed by atoms with Gasteiger partial charge in [-0.1, -0.05) is 25.5 Å².